The van der Waals surface area contributed by atoms with Gasteiger partial charge in [-0.25, -0.2) is 63.9 Å². The molecule has 0 fully saturated rings. The number of aliphatic hydroxyl groups is 1. The van der Waals surface area contributed by atoms with E-state index in [0.29, 0.717) is 43.0 Å². The summed E-state index contributed by atoms with van der Waals surface area (Å²) in [5, 5.41) is 15.4. The minimum Gasteiger partial charge on any atom is -0.392 e. The van der Waals surface area contributed by atoms with Crippen LogP contribution in [-0.2, 0) is 79.8 Å². The number of aliphatic hydroxyl groups excluding tert-OH is 1. The number of hydrogen-bond acceptors (Lipinski definition) is 13. The number of pyridine rings is 5. The smallest absolute Gasteiger partial charge is 0.392 e. The van der Waals surface area contributed by atoms with Crippen molar-refractivity contribution >= 4 is 92.7 Å². The van der Waals surface area contributed by atoms with Gasteiger partial charge in [0.15, 0.2) is 6.29 Å². The first-order valence-corrected chi connectivity index (χ1v) is 39.4. The predicted molar refractivity (Wildman–Crippen MR) is 468 cm³/mol. The summed E-state index contributed by atoms with van der Waals surface area (Å²) in [6.45, 7) is 27.5. The Balaban J connectivity index is 0.000000755. The van der Waals surface area contributed by atoms with E-state index in [-0.39, 0.29) is 588 Å². The van der Waals surface area contributed by atoms with Crippen molar-refractivity contribution in [3.05, 3.63) is 360 Å². The Morgan fingerprint density at radius 3 is 0.821 bits per heavy atom. The van der Waals surface area contributed by atoms with Crippen molar-refractivity contribution in [2.75, 3.05) is 41.2 Å². The van der Waals surface area contributed by atoms with Gasteiger partial charge >= 0.3 is 582 Å². The molecule has 0 atom stereocenters. The molecule has 5 aromatic heterocycles. The van der Waals surface area contributed by atoms with E-state index in [4.69, 9.17) is 24.4 Å². The minimum absolute atomic E-state index is 0. The molecule has 15 rings (SSSR count). The number of aromatic nitrogens is 5. The minimum atomic E-state index is 0. The third-order valence-electron chi connectivity index (χ3n) is 19.3. The summed E-state index contributed by atoms with van der Waals surface area (Å²) in [6.07, 6.45) is 6.16. The molecule has 576 valence electrons. The van der Waals surface area contributed by atoms with Crippen LogP contribution < -0.4 is 582 Å². The molecular formula is C98H92Br2N5O8Rb10+5. The van der Waals surface area contributed by atoms with Gasteiger partial charge in [-0.05, 0) is 223 Å². The van der Waals surface area contributed by atoms with E-state index in [9.17, 15) is 9.90 Å². The second-order valence-electron chi connectivity index (χ2n) is 27.0. The van der Waals surface area contributed by atoms with E-state index < -0.39 is 0 Å². The van der Waals surface area contributed by atoms with Crippen LogP contribution in [0.25, 0.3) is 110 Å². The van der Waals surface area contributed by atoms with Crippen molar-refractivity contribution < 1.29 is 621 Å². The average molecular weight is 2480 g/mol. The first-order chi connectivity index (χ1) is 55.0. The molecule has 0 aliphatic heterocycles. The molecule has 0 saturated carbocycles. The zero-order valence-corrected chi connectivity index (χ0v) is 127. The van der Waals surface area contributed by atoms with E-state index in [1.807, 2.05) is 72.8 Å². The number of aldehydes is 1. The first-order valence-electron chi connectivity index (χ1n) is 37.5. The number of fused-ring (bicyclic) bond motifs is 5. The molecule has 0 aliphatic carbocycles. The second-order valence-corrected chi connectivity index (χ2v) is 28.4. The van der Waals surface area contributed by atoms with Crippen LogP contribution in [0.15, 0.2) is 247 Å². The van der Waals surface area contributed by atoms with Gasteiger partial charge < -0.3 is 5.11 Å². The zero-order valence-electron chi connectivity index (χ0n) is 74.8. The van der Waals surface area contributed by atoms with Gasteiger partial charge in [-0.1, -0.05) is 158 Å². The van der Waals surface area contributed by atoms with Crippen molar-refractivity contribution in [2.45, 2.75) is 71.2 Å². The first kappa shape index (κ1) is 128. The molecule has 1 N–H and O–H groups in total. The van der Waals surface area contributed by atoms with Crippen LogP contribution in [0.3, 0.4) is 0 Å². The molecule has 0 unspecified atom stereocenters. The summed E-state index contributed by atoms with van der Waals surface area (Å²) in [5.41, 5.74) is 30.0. The number of nitrogens with zero attached hydrogens (tertiary/aromatic N) is 5. The van der Waals surface area contributed by atoms with Crippen LogP contribution in [0.2, 0.25) is 0 Å². The number of alkyl halides is 1. The Kier molecular flexibility index (Phi) is 71.8. The molecule has 123 heavy (non-hydrogen) atoms. The van der Waals surface area contributed by atoms with Crippen LogP contribution in [-0.4, -0.2) is 77.5 Å². The number of carbonyl (C=O) groups is 1. The topological polar surface area (TPSA) is 157 Å². The van der Waals surface area contributed by atoms with Gasteiger partial charge in [0.25, 0.3) is 0 Å². The van der Waals surface area contributed by atoms with Crippen molar-refractivity contribution in [1.29, 1.82) is 0 Å². The van der Waals surface area contributed by atoms with E-state index in [1.165, 1.54) is 77.0 Å². The zero-order chi connectivity index (χ0) is 79.8. The summed E-state index contributed by atoms with van der Waals surface area (Å²) in [7, 11) is 4.55. The van der Waals surface area contributed by atoms with Gasteiger partial charge in [0.1, 0.15) is 0 Å². The van der Waals surface area contributed by atoms with Crippen LogP contribution in [0.1, 0.15) is 104 Å². The maximum absolute atomic E-state index is 11.4. The van der Waals surface area contributed by atoms with Gasteiger partial charge in [-0.15, -0.1) is 58.8 Å². The molecule has 0 saturated heterocycles. The normalized spacial score (nSPS) is 10.1. The molecule has 0 radical (unpaired) electrons. The molecule has 0 aliphatic rings. The van der Waals surface area contributed by atoms with Crippen molar-refractivity contribution in [3.8, 4) is 55.6 Å². The van der Waals surface area contributed by atoms with Crippen LogP contribution >= 0.6 is 31.9 Å². The average Bonchev–Trinajstić information content (AvgIpc) is 0.813. The number of rotatable bonds is 23. The van der Waals surface area contributed by atoms with E-state index in [2.05, 4.69) is 287 Å². The van der Waals surface area contributed by atoms with Crippen LogP contribution in [0.5, 0.6) is 0 Å². The second kappa shape index (κ2) is 69.0. The molecule has 0 amide bonds. The van der Waals surface area contributed by atoms with Crippen LogP contribution in [0, 0.1) is 34.6 Å². The van der Waals surface area contributed by atoms with Gasteiger partial charge in [-0.3, -0.25) is 29.7 Å². The molecule has 0 spiro atoms. The SMILES string of the molecule is [CH2-]c1ccc2cc(-c3ccc(CBr)cc3)cc(CCOOC)c2n1.[CH2-]c1ccc2cc(-c3ccc(CC)cc3)cc(Br)c2n1.[CH2-]c1ccc2cc(-c3ccc(CC)cc3)cc(C=O)c2n1.[CH2-]c1ccc2cc(-c3ccc(CC)cc3)cc(CCOOC)c2n1.[CH2-]c1ccc2cc(-c3ccc(CO)cc3)cc(CCOOC)c2n1.[Rb+].[Rb+].[Rb+].[Rb+].[Rb+].[Rb+].[Rb+].[Rb+].[Rb+].[Rb+]. The fourth-order valence-electron chi connectivity index (χ4n) is 13.2. The van der Waals surface area contributed by atoms with Gasteiger partial charge in [0, 0.05) is 34.6 Å². The van der Waals surface area contributed by atoms with Crippen molar-refractivity contribution in [1.82, 2.24) is 24.9 Å². The van der Waals surface area contributed by atoms with Crippen molar-refractivity contribution in [3.63, 3.8) is 0 Å². The fourth-order valence-corrected chi connectivity index (χ4v) is 14.1. The number of carbonyl (C=O) groups excluding carboxylic acids is 1. The van der Waals surface area contributed by atoms with Crippen LogP contribution in [0.4, 0.5) is 0 Å². The third-order valence-corrected chi connectivity index (χ3v) is 20.6. The van der Waals surface area contributed by atoms with E-state index >= 15 is 0 Å². The molecule has 15 aromatic rings. The maximum Gasteiger partial charge on any atom is 1.00 e. The maximum atomic E-state index is 11.4. The van der Waals surface area contributed by atoms with E-state index in [0.717, 1.165) is 164 Å². The Labute approximate surface area is 1230 Å². The number of halogens is 2. The quantitative estimate of drug-likeness (QED) is 0.0161. The molecule has 5 heterocycles. The van der Waals surface area contributed by atoms with Gasteiger partial charge in [-0.2, -0.15) is 30.3 Å². The number of benzene rings is 10. The predicted octanol–water partition coefficient (Wildman–Crippen LogP) is -6.53. The third kappa shape index (κ3) is 39.7. The Morgan fingerprint density at radius 1 is 0.309 bits per heavy atom. The van der Waals surface area contributed by atoms with Gasteiger partial charge in [0.2, 0.25) is 0 Å². The largest absolute Gasteiger partial charge is 1.00 e. The molecular weight excluding hydrogens is 2390 g/mol. The summed E-state index contributed by atoms with van der Waals surface area (Å²) in [6, 6.07) is 83.4. The number of aryl methyl sites for hydroxylation is 3. The molecule has 25 heteroatoms. The number of hydrogen-bond donors (Lipinski definition) is 1. The monoisotopic (exact) mass is 2470 g/mol. The van der Waals surface area contributed by atoms with E-state index in [1.54, 1.807) is 0 Å². The molecule has 10 aromatic carbocycles. The molecule has 13 nitrogen and oxygen atoms in total. The fraction of sp³-hybridized carbons (Fsp3) is 0.173. The van der Waals surface area contributed by atoms with Gasteiger partial charge in [0.05, 0.1) is 75.3 Å². The summed E-state index contributed by atoms with van der Waals surface area (Å²) >= 11 is 7.10. The Bertz CT molecular complexity index is 5400. The Morgan fingerprint density at radius 2 is 0.553 bits per heavy atom. The summed E-state index contributed by atoms with van der Waals surface area (Å²) in [5.74, 6) is 0. The summed E-state index contributed by atoms with van der Waals surface area (Å²) < 4.78 is 1.01. The summed E-state index contributed by atoms with van der Waals surface area (Å²) in [4.78, 5) is 63.2. The van der Waals surface area contributed by atoms with Crippen molar-refractivity contribution in [2.24, 2.45) is 0 Å². The Hall–Kier alpha value is 7.00. The molecule has 0 bridgehead atoms. The standard InChI is InChI=1S/C21H22NO2.C20H19BrNO2.C20H20NO3.C19H16NO.C18H15BrN.10Rb/c1-4-16-6-9-17(10-7-16)20-13-18-8-5-15(2)22-21(18)19(14-20)11-12-24-23-3;1-14-3-6-17-11-19(16-7-4-15(13-21)5-8-16)12-18(20(17)22-14)9-10-24-23-2;1-14-3-6-17-11-19(16-7-4-15(13-22)5-8-16)12-18(20(17)21-14)9-10-24-23-2;1-3-14-5-8-15(9-6-14)17-10-16-7-4-13(2)20-19(16)18(11-17)12-21;1-3-13-5-8-14(9-6-13)16-10-15-7-4-12(2)20-18(15)17(19)11-16;;;;;;;;;;/h5-10,13-14H,2,4,11-12H2,1,3H3;3-8,11-12H,1,9-10,13H2,2H3;3-8,11-12,22H,1,9-10,13H2,2H3;4-12H,2-3H2,1H3;4-11H,2-3H2,1H3;;;;;;;;;;/q5*-1;10*+1.